The molecule has 1 aliphatic carbocycles. The molecule has 0 aromatic heterocycles. The summed E-state index contributed by atoms with van der Waals surface area (Å²) < 4.78 is 0. The summed E-state index contributed by atoms with van der Waals surface area (Å²) in [6, 6.07) is 0.817. The van der Waals surface area contributed by atoms with E-state index in [0.29, 0.717) is 0 Å². The van der Waals surface area contributed by atoms with E-state index in [1.807, 2.05) is 7.05 Å². The van der Waals surface area contributed by atoms with Crippen LogP contribution in [0, 0.1) is 5.92 Å². The van der Waals surface area contributed by atoms with Crippen LogP contribution in [0.25, 0.3) is 0 Å². The first-order chi connectivity index (χ1) is 3.86. The van der Waals surface area contributed by atoms with Gasteiger partial charge < -0.3 is 5.32 Å². The number of halogens is 2. The fourth-order valence-corrected chi connectivity index (χ4v) is 1.63. The summed E-state index contributed by atoms with van der Waals surface area (Å²) in [6.07, 6.45) is 2.73. The maximum atomic E-state index is 3.46. The molecule has 0 aromatic rings. The van der Waals surface area contributed by atoms with E-state index in [1.54, 1.807) is 0 Å². The minimum Gasteiger partial charge on any atom is -0.317 e. The molecule has 0 atom stereocenters. The molecule has 1 rings (SSSR count). The SMILES string of the molecule is CNC1CC(CBr)C1.Cl. The molecule has 56 valence electrons. The van der Waals surface area contributed by atoms with Crippen molar-refractivity contribution < 1.29 is 0 Å². The van der Waals surface area contributed by atoms with E-state index in [1.165, 1.54) is 18.2 Å². The monoisotopic (exact) mass is 213 g/mol. The van der Waals surface area contributed by atoms with Crippen LogP contribution in [0.3, 0.4) is 0 Å². The van der Waals surface area contributed by atoms with Gasteiger partial charge in [0.1, 0.15) is 0 Å². The summed E-state index contributed by atoms with van der Waals surface area (Å²) in [5.74, 6) is 0.951. The number of hydrogen-bond acceptors (Lipinski definition) is 1. The van der Waals surface area contributed by atoms with Crippen molar-refractivity contribution in [2.24, 2.45) is 5.92 Å². The molecule has 0 aromatic carbocycles. The van der Waals surface area contributed by atoms with Gasteiger partial charge in [0.2, 0.25) is 0 Å². The van der Waals surface area contributed by atoms with Crippen LogP contribution < -0.4 is 5.32 Å². The number of alkyl halides is 1. The molecule has 1 aliphatic rings. The molecular formula is C6H13BrClN. The summed E-state index contributed by atoms with van der Waals surface area (Å²) >= 11 is 3.46. The Morgan fingerprint density at radius 3 is 2.44 bits per heavy atom. The lowest BCUT2D eigenvalue weighted by atomic mass is 9.82. The number of hydrogen-bond donors (Lipinski definition) is 1. The van der Waals surface area contributed by atoms with Gasteiger partial charge in [-0.25, -0.2) is 0 Å². The van der Waals surface area contributed by atoms with Crippen molar-refractivity contribution >= 4 is 28.3 Å². The Labute approximate surface area is 71.1 Å². The molecule has 1 N–H and O–H groups in total. The van der Waals surface area contributed by atoms with Gasteiger partial charge in [0.15, 0.2) is 0 Å². The van der Waals surface area contributed by atoms with E-state index in [0.717, 1.165) is 12.0 Å². The minimum atomic E-state index is 0. The Hall–Kier alpha value is 0.730. The van der Waals surface area contributed by atoms with Gasteiger partial charge in [-0.05, 0) is 25.8 Å². The molecule has 0 bridgehead atoms. The maximum absolute atomic E-state index is 3.46. The summed E-state index contributed by atoms with van der Waals surface area (Å²) in [5.41, 5.74) is 0. The second-order valence-corrected chi connectivity index (χ2v) is 3.12. The van der Waals surface area contributed by atoms with Crippen LogP contribution in [0.2, 0.25) is 0 Å². The fourth-order valence-electron chi connectivity index (χ4n) is 1.10. The van der Waals surface area contributed by atoms with Gasteiger partial charge in [-0.1, -0.05) is 15.9 Å². The second-order valence-electron chi connectivity index (χ2n) is 2.48. The van der Waals surface area contributed by atoms with Crippen molar-refractivity contribution in [2.75, 3.05) is 12.4 Å². The van der Waals surface area contributed by atoms with Crippen molar-refractivity contribution in [2.45, 2.75) is 18.9 Å². The third-order valence-electron chi connectivity index (χ3n) is 1.86. The summed E-state index contributed by atoms with van der Waals surface area (Å²) in [4.78, 5) is 0. The van der Waals surface area contributed by atoms with Crippen molar-refractivity contribution in [1.82, 2.24) is 5.32 Å². The van der Waals surface area contributed by atoms with E-state index >= 15 is 0 Å². The zero-order valence-corrected chi connectivity index (χ0v) is 7.96. The summed E-state index contributed by atoms with van der Waals surface area (Å²) in [6.45, 7) is 0. The van der Waals surface area contributed by atoms with Gasteiger partial charge in [-0.2, -0.15) is 0 Å². The largest absolute Gasteiger partial charge is 0.317 e. The highest BCUT2D eigenvalue weighted by Crippen LogP contribution is 2.28. The Kier molecular flexibility index (Phi) is 4.90. The molecular weight excluding hydrogens is 201 g/mol. The first-order valence-electron chi connectivity index (χ1n) is 3.10. The van der Waals surface area contributed by atoms with Crippen LogP contribution in [0.4, 0.5) is 0 Å². The van der Waals surface area contributed by atoms with E-state index in [4.69, 9.17) is 0 Å². The van der Waals surface area contributed by atoms with E-state index in [9.17, 15) is 0 Å². The van der Waals surface area contributed by atoms with Gasteiger partial charge in [0.05, 0.1) is 0 Å². The Bertz CT molecular complexity index is 65.5. The second kappa shape index (κ2) is 4.53. The third kappa shape index (κ3) is 2.44. The van der Waals surface area contributed by atoms with E-state index in [-0.39, 0.29) is 12.4 Å². The minimum absolute atomic E-state index is 0. The Balaban J connectivity index is 0.000000640. The van der Waals surface area contributed by atoms with Crippen LogP contribution >= 0.6 is 28.3 Å². The lowest BCUT2D eigenvalue weighted by molar-refractivity contribution is 0.260. The zero-order valence-electron chi connectivity index (χ0n) is 5.56. The molecule has 0 spiro atoms. The average molecular weight is 215 g/mol. The topological polar surface area (TPSA) is 12.0 Å². The zero-order chi connectivity index (χ0) is 5.98. The predicted molar refractivity (Wildman–Crippen MR) is 46.6 cm³/mol. The van der Waals surface area contributed by atoms with Crippen LogP contribution in [-0.4, -0.2) is 18.4 Å². The van der Waals surface area contributed by atoms with Gasteiger partial charge >= 0.3 is 0 Å². The molecule has 1 fully saturated rings. The maximum Gasteiger partial charge on any atom is 0.00699 e. The fraction of sp³-hybridized carbons (Fsp3) is 1.00. The van der Waals surface area contributed by atoms with Crippen LogP contribution in [0.1, 0.15) is 12.8 Å². The molecule has 0 radical (unpaired) electrons. The molecule has 9 heavy (non-hydrogen) atoms. The average Bonchev–Trinajstić information content (AvgIpc) is 1.65. The van der Waals surface area contributed by atoms with Gasteiger partial charge in [-0.3, -0.25) is 0 Å². The van der Waals surface area contributed by atoms with Gasteiger partial charge in [0.25, 0.3) is 0 Å². The quantitative estimate of drug-likeness (QED) is 0.692. The molecule has 0 heterocycles. The molecule has 0 unspecified atom stereocenters. The number of nitrogens with one attached hydrogen (secondary N) is 1. The van der Waals surface area contributed by atoms with E-state index in [2.05, 4.69) is 21.2 Å². The number of rotatable bonds is 2. The van der Waals surface area contributed by atoms with Crippen molar-refractivity contribution in [1.29, 1.82) is 0 Å². The smallest absolute Gasteiger partial charge is 0.00699 e. The van der Waals surface area contributed by atoms with Crippen LogP contribution in [-0.2, 0) is 0 Å². The lowest BCUT2D eigenvalue weighted by Gasteiger charge is -2.33. The van der Waals surface area contributed by atoms with Crippen molar-refractivity contribution in [3.05, 3.63) is 0 Å². The predicted octanol–water partition coefficient (Wildman–Crippen LogP) is 1.80. The molecule has 1 saturated carbocycles. The van der Waals surface area contributed by atoms with Crippen molar-refractivity contribution in [3.63, 3.8) is 0 Å². The summed E-state index contributed by atoms with van der Waals surface area (Å²) in [5, 5.41) is 4.43. The van der Waals surface area contributed by atoms with E-state index < -0.39 is 0 Å². The highest BCUT2D eigenvalue weighted by molar-refractivity contribution is 9.09. The lowest BCUT2D eigenvalue weighted by Crippen LogP contribution is -2.39. The van der Waals surface area contributed by atoms with Crippen LogP contribution in [0.5, 0.6) is 0 Å². The highest BCUT2D eigenvalue weighted by atomic mass is 79.9. The Morgan fingerprint density at radius 1 is 1.56 bits per heavy atom. The van der Waals surface area contributed by atoms with Crippen LogP contribution in [0.15, 0.2) is 0 Å². The van der Waals surface area contributed by atoms with Crippen molar-refractivity contribution in [3.8, 4) is 0 Å². The third-order valence-corrected chi connectivity index (χ3v) is 2.78. The first-order valence-corrected chi connectivity index (χ1v) is 4.22. The van der Waals surface area contributed by atoms with Gasteiger partial charge in [0, 0.05) is 11.4 Å². The molecule has 0 aliphatic heterocycles. The normalized spacial score (nSPS) is 32.7. The Morgan fingerprint density at radius 2 is 2.11 bits per heavy atom. The summed E-state index contributed by atoms with van der Waals surface area (Å²) in [7, 11) is 2.04. The standard InChI is InChI=1S/C6H12BrN.ClH/c1-8-6-2-5(3-6)4-7;/h5-6,8H,2-4H2,1H3;1H. The molecule has 1 nitrogen and oxygen atoms in total. The molecule has 0 amide bonds. The first kappa shape index (κ1) is 9.73. The highest BCUT2D eigenvalue weighted by Gasteiger charge is 2.25. The molecule has 3 heteroatoms. The molecule has 0 saturated heterocycles. The van der Waals surface area contributed by atoms with Gasteiger partial charge in [-0.15, -0.1) is 12.4 Å².